The number of rotatable bonds is 5. The molecule has 0 aliphatic heterocycles. The molecule has 100 valence electrons. The van der Waals surface area contributed by atoms with Crippen molar-refractivity contribution >= 4 is 0 Å². The third-order valence-corrected chi connectivity index (χ3v) is 3.85. The summed E-state index contributed by atoms with van der Waals surface area (Å²) in [7, 11) is 0. The van der Waals surface area contributed by atoms with Crippen LogP contribution in [0.2, 0.25) is 0 Å². The van der Waals surface area contributed by atoms with Crippen LogP contribution in [0.3, 0.4) is 0 Å². The van der Waals surface area contributed by atoms with Gasteiger partial charge in [0, 0.05) is 12.5 Å². The fraction of sp³-hybridized carbons (Fsp3) is 0.600. The molecule has 3 heteroatoms. The van der Waals surface area contributed by atoms with Crippen molar-refractivity contribution in [1.82, 2.24) is 0 Å². The normalized spacial score (nSPS) is 18.5. The predicted molar refractivity (Wildman–Crippen MR) is 70.8 cm³/mol. The van der Waals surface area contributed by atoms with E-state index in [0.29, 0.717) is 12.5 Å². The van der Waals surface area contributed by atoms with Crippen molar-refractivity contribution < 1.29 is 14.9 Å². The summed E-state index contributed by atoms with van der Waals surface area (Å²) >= 11 is 0. The molecule has 0 radical (unpaired) electrons. The van der Waals surface area contributed by atoms with E-state index in [1.54, 1.807) is 24.3 Å². The van der Waals surface area contributed by atoms with E-state index in [9.17, 15) is 10.2 Å². The zero-order valence-electron chi connectivity index (χ0n) is 10.7. The lowest BCUT2D eigenvalue weighted by Gasteiger charge is -2.28. The molecular weight excluding hydrogens is 228 g/mol. The number of hydrogen-bond acceptors (Lipinski definition) is 3. The van der Waals surface area contributed by atoms with Crippen LogP contribution in [0.5, 0.6) is 11.5 Å². The molecule has 1 unspecified atom stereocenters. The van der Waals surface area contributed by atoms with Crippen LogP contribution in [0.25, 0.3) is 0 Å². The minimum Gasteiger partial charge on any atom is -0.508 e. The van der Waals surface area contributed by atoms with Crippen molar-refractivity contribution in [3.63, 3.8) is 0 Å². The van der Waals surface area contributed by atoms with Crippen molar-refractivity contribution in [3.8, 4) is 11.5 Å². The van der Waals surface area contributed by atoms with E-state index in [2.05, 4.69) is 0 Å². The number of aliphatic hydroxyl groups excluding tert-OH is 1. The minimum atomic E-state index is 0.197. The number of aromatic hydroxyl groups is 1. The topological polar surface area (TPSA) is 49.7 Å². The van der Waals surface area contributed by atoms with Crippen LogP contribution >= 0.6 is 0 Å². The standard InChI is InChI=1S/C15H22O3/c16-10-13(12-4-2-1-3-5-12)11-18-15-8-6-14(17)7-9-15/h6-9,12-13,16-17H,1-5,10-11H2. The third kappa shape index (κ3) is 3.64. The van der Waals surface area contributed by atoms with Gasteiger partial charge in [-0.05, 0) is 43.0 Å². The monoisotopic (exact) mass is 250 g/mol. The van der Waals surface area contributed by atoms with Crippen LogP contribution < -0.4 is 4.74 Å². The molecule has 2 rings (SSSR count). The molecule has 1 fully saturated rings. The highest BCUT2D eigenvalue weighted by atomic mass is 16.5. The van der Waals surface area contributed by atoms with E-state index in [1.165, 1.54) is 32.1 Å². The fourth-order valence-electron chi connectivity index (χ4n) is 2.69. The van der Waals surface area contributed by atoms with Gasteiger partial charge in [0.05, 0.1) is 6.61 Å². The van der Waals surface area contributed by atoms with Gasteiger partial charge in [-0.2, -0.15) is 0 Å². The molecule has 1 atom stereocenters. The maximum Gasteiger partial charge on any atom is 0.119 e. The van der Waals surface area contributed by atoms with Gasteiger partial charge in [0.25, 0.3) is 0 Å². The van der Waals surface area contributed by atoms with Crippen molar-refractivity contribution in [2.24, 2.45) is 11.8 Å². The van der Waals surface area contributed by atoms with Crippen molar-refractivity contribution in [3.05, 3.63) is 24.3 Å². The van der Waals surface area contributed by atoms with Gasteiger partial charge in [-0.15, -0.1) is 0 Å². The second-order valence-electron chi connectivity index (χ2n) is 5.15. The number of phenolic OH excluding ortho intramolecular Hbond substituents is 1. The quantitative estimate of drug-likeness (QED) is 0.844. The van der Waals surface area contributed by atoms with E-state index >= 15 is 0 Å². The molecule has 0 bridgehead atoms. The Labute approximate surface area is 108 Å². The lowest BCUT2D eigenvalue weighted by Crippen LogP contribution is -2.26. The largest absolute Gasteiger partial charge is 0.508 e. The Bertz CT molecular complexity index is 341. The predicted octanol–water partition coefficient (Wildman–Crippen LogP) is 2.96. The smallest absolute Gasteiger partial charge is 0.119 e. The van der Waals surface area contributed by atoms with Gasteiger partial charge in [-0.1, -0.05) is 19.3 Å². The zero-order chi connectivity index (χ0) is 12.8. The Morgan fingerprint density at radius 3 is 2.39 bits per heavy atom. The van der Waals surface area contributed by atoms with E-state index in [0.717, 1.165) is 5.75 Å². The summed E-state index contributed by atoms with van der Waals surface area (Å²) in [6.45, 7) is 0.759. The Balaban J connectivity index is 1.84. The van der Waals surface area contributed by atoms with E-state index in [4.69, 9.17) is 4.74 Å². The van der Waals surface area contributed by atoms with Gasteiger partial charge < -0.3 is 14.9 Å². The van der Waals surface area contributed by atoms with Crippen molar-refractivity contribution in [2.45, 2.75) is 32.1 Å². The van der Waals surface area contributed by atoms with Gasteiger partial charge in [-0.3, -0.25) is 0 Å². The molecule has 0 amide bonds. The average molecular weight is 250 g/mol. The second-order valence-corrected chi connectivity index (χ2v) is 5.15. The maximum absolute atomic E-state index is 9.48. The molecule has 1 aliphatic carbocycles. The van der Waals surface area contributed by atoms with Gasteiger partial charge in [0.15, 0.2) is 0 Å². The molecule has 0 aromatic heterocycles. The van der Waals surface area contributed by atoms with Crippen LogP contribution in [0.15, 0.2) is 24.3 Å². The van der Waals surface area contributed by atoms with Gasteiger partial charge in [0.2, 0.25) is 0 Å². The first kappa shape index (κ1) is 13.2. The number of phenols is 1. The molecular formula is C15H22O3. The summed E-state index contributed by atoms with van der Waals surface area (Å²) in [4.78, 5) is 0. The Morgan fingerprint density at radius 2 is 1.78 bits per heavy atom. The van der Waals surface area contributed by atoms with Crippen molar-refractivity contribution in [1.29, 1.82) is 0 Å². The molecule has 1 aliphatic rings. The molecule has 0 spiro atoms. The highest BCUT2D eigenvalue weighted by Gasteiger charge is 2.23. The highest BCUT2D eigenvalue weighted by Crippen LogP contribution is 2.30. The molecule has 1 aromatic carbocycles. The van der Waals surface area contributed by atoms with Gasteiger partial charge in [0.1, 0.15) is 11.5 Å². The lowest BCUT2D eigenvalue weighted by atomic mass is 9.81. The summed E-state index contributed by atoms with van der Waals surface area (Å²) in [6.07, 6.45) is 6.31. The number of aliphatic hydroxyl groups is 1. The lowest BCUT2D eigenvalue weighted by molar-refractivity contribution is 0.0983. The van der Waals surface area contributed by atoms with Crippen molar-refractivity contribution in [2.75, 3.05) is 13.2 Å². The van der Waals surface area contributed by atoms with Crippen LogP contribution in [0.1, 0.15) is 32.1 Å². The zero-order valence-corrected chi connectivity index (χ0v) is 10.7. The third-order valence-electron chi connectivity index (χ3n) is 3.85. The summed E-state index contributed by atoms with van der Waals surface area (Å²) in [5.74, 6) is 1.83. The molecule has 2 N–H and O–H groups in total. The fourth-order valence-corrected chi connectivity index (χ4v) is 2.69. The first-order chi connectivity index (χ1) is 8.79. The number of hydrogen-bond donors (Lipinski definition) is 2. The summed E-state index contributed by atoms with van der Waals surface area (Å²) < 4.78 is 5.70. The molecule has 1 saturated carbocycles. The molecule has 18 heavy (non-hydrogen) atoms. The number of ether oxygens (including phenoxy) is 1. The van der Waals surface area contributed by atoms with Crippen LogP contribution in [0, 0.1) is 11.8 Å². The van der Waals surface area contributed by atoms with Crippen LogP contribution in [-0.4, -0.2) is 23.4 Å². The van der Waals surface area contributed by atoms with E-state index in [-0.39, 0.29) is 18.3 Å². The van der Waals surface area contributed by atoms with Gasteiger partial charge >= 0.3 is 0 Å². The van der Waals surface area contributed by atoms with E-state index in [1.807, 2.05) is 0 Å². The van der Waals surface area contributed by atoms with Crippen LogP contribution in [0.4, 0.5) is 0 Å². The first-order valence-electron chi connectivity index (χ1n) is 6.82. The Hall–Kier alpha value is -1.22. The SMILES string of the molecule is OCC(COc1ccc(O)cc1)C1CCCCC1. The van der Waals surface area contributed by atoms with Crippen LogP contribution in [-0.2, 0) is 0 Å². The Kier molecular flexibility index (Phi) is 4.88. The Morgan fingerprint density at radius 1 is 1.11 bits per heavy atom. The van der Waals surface area contributed by atoms with Gasteiger partial charge in [-0.25, -0.2) is 0 Å². The molecule has 3 nitrogen and oxygen atoms in total. The summed E-state index contributed by atoms with van der Waals surface area (Å²) in [5.41, 5.74) is 0. The van der Waals surface area contributed by atoms with E-state index < -0.39 is 0 Å². The summed E-state index contributed by atoms with van der Waals surface area (Å²) in [5, 5.41) is 18.7. The maximum atomic E-state index is 9.48. The first-order valence-corrected chi connectivity index (χ1v) is 6.82. The number of benzene rings is 1. The summed E-state index contributed by atoms with van der Waals surface area (Å²) in [6, 6.07) is 6.74. The second kappa shape index (κ2) is 6.64. The molecule has 0 saturated heterocycles. The molecule has 1 aromatic rings. The molecule has 0 heterocycles. The minimum absolute atomic E-state index is 0.197. The highest BCUT2D eigenvalue weighted by molar-refractivity contribution is 5.30. The average Bonchev–Trinajstić information content (AvgIpc) is 2.43.